The molecule has 4 nitrogen and oxygen atoms in total. The smallest absolute Gasteiger partial charge is 0.323 e. The van der Waals surface area contributed by atoms with Crippen LogP contribution in [-0.4, -0.2) is 22.2 Å². The molecule has 0 aliphatic heterocycles. The maximum Gasteiger partial charge on any atom is 0.323 e. The summed E-state index contributed by atoms with van der Waals surface area (Å²) in [7, 11) is 0. The predicted molar refractivity (Wildman–Crippen MR) is 49.6 cm³/mol. The second-order valence-corrected chi connectivity index (χ2v) is 4.08. The highest BCUT2D eigenvalue weighted by molar-refractivity contribution is 7.12. The van der Waals surface area contributed by atoms with E-state index in [0.29, 0.717) is 4.88 Å². The number of carbonyl (C=O) groups is 1. The second-order valence-electron chi connectivity index (χ2n) is 2.76. The standard InChI is InChI=1S/C8H11NO3S/c1-4-2-3-5(13-4)7(10)6(9)8(11)12/h2-3,6-7,10H,9H2,1H3,(H,11,12). The van der Waals surface area contributed by atoms with Gasteiger partial charge in [-0.25, -0.2) is 0 Å². The van der Waals surface area contributed by atoms with E-state index in [0.717, 1.165) is 4.88 Å². The molecule has 1 aromatic rings. The van der Waals surface area contributed by atoms with Crippen LogP contribution in [0.15, 0.2) is 12.1 Å². The molecule has 5 heteroatoms. The van der Waals surface area contributed by atoms with E-state index < -0.39 is 18.1 Å². The molecule has 0 aromatic carbocycles. The molecule has 4 N–H and O–H groups in total. The zero-order valence-electron chi connectivity index (χ0n) is 7.10. The molecule has 1 aromatic heterocycles. The van der Waals surface area contributed by atoms with Crippen LogP contribution in [0.25, 0.3) is 0 Å². The van der Waals surface area contributed by atoms with E-state index in [1.807, 2.05) is 13.0 Å². The highest BCUT2D eigenvalue weighted by Crippen LogP contribution is 2.24. The van der Waals surface area contributed by atoms with Gasteiger partial charge >= 0.3 is 5.97 Å². The first-order valence-electron chi connectivity index (χ1n) is 3.75. The Morgan fingerprint density at radius 2 is 2.23 bits per heavy atom. The lowest BCUT2D eigenvalue weighted by molar-refractivity contribution is -0.141. The van der Waals surface area contributed by atoms with Gasteiger partial charge in [-0.2, -0.15) is 0 Å². The molecule has 0 fully saturated rings. The van der Waals surface area contributed by atoms with Gasteiger partial charge in [0.2, 0.25) is 0 Å². The summed E-state index contributed by atoms with van der Waals surface area (Å²) in [6.07, 6.45) is -1.11. The molecule has 0 amide bonds. The van der Waals surface area contributed by atoms with Crippen molar-refractivity contribution in [2.45, 2.75) is 19.1 Å². The minimum absolute atomic E-state index is 0.590. The molecule has 1 rings (SSSR count). The number of hydrogen-bond acceptors (Lipinski definition) is 4. The van der Waals surface area contributed by atoms with Gasteiger partial charge < -0.3 is 15.9 Å². The Kier molecular flexibility index (Phi) is 3.02. The van der Waals surface area contributed by atoms with Crippen molar-refractivity contribution >= 4 is 17.3 Å². The van der Waals surface area contributed by atoms with E-state index in [1.165, 1.54) is 11.3 Å². The summed E-state index contributed by atoms with van der Waals surface area (Å²) in [6, 6.07) is 2.25. The van der Waals surface area contributed by atoms with Gasteiger partial charge in [0, 0.05) is 9.75 Å². The molecule has 0 aliphatic carbocycles. The van der Waals surface area contributed by atoms with E-state index in [4.69, 9.17) is 10.8 Å². The summed E-state index contributed by atoms with van der Waals surface area (Å²) in [4.78, 5) is 12.1. The number of nitrogens with two attached hydrogens (primary N) is 1. The Hall–Kier alpha value is -0.910. The summed E-state index contributed by atoms with van der Waals surface area (Å²) in [5, 5.41) is 18.0. The summed E-state index contributed by atoms with van der Waals surface area (Å²) in [6.45, 7) is 1.88. The number of carboxylic acid groups (broad SMARTS) is 1. The molecule has 2 unspecified atom stereocenters. The van der Waals surface area contributed by atoms with Crippen LogP contribution in [0.5, 0.6) is 0 Å². The molecular formula is C8H11NO3S. The summed E-state index contributed by atoms with van der Waals surface area (Å²) in [5.74, 6) is -1.20. The first-order valence-corrected chi connectivity index (χ1v) is 4.57. The van der Waals surface area contributed by atoms with Crippen LogP contribution in [0.3, 0.4) is 0 Å². The largest absolute Gasteiger partial charge is 0.480 e. The molecule has 0 aliphatic rings. The average molecular weight is 201 g/mol. The molecule has 0 saturated carbocycles. The Morgan fingerprint density at radius 3 is 2.62 bits per heavy atom. The van der Waals surface area contributed by atoms with E-state index in [2.05, 4.69) is 0 Å². The van der Waals surface area contributed by atoms with Gasteiger partial charge in [-0.3, -0.25) is 4.79 Å². The Labute approximate surface area is 79.6 Å². The van der Waals surface area contributed by atoms with Crippen molar-refractivity contribution in [3.63, 3.8) is 0 Å². The number of thiophene rings is 1. The SMILES string of the molecule is Cc1ccc(C(O)C(N)C(=O)O)s1. The predicted octanol–water partition coefficient (Wildman–Crippen LogP) is 0.502. The van der Waals surface area contributed by atoms with Crippen LogP contribution in [0, 0.1) is 6.92 Å². The molecule has 0 saturated heterocycles. The van der Waals surface area contributed by atoms with E-state index in [1.54, 1.807) is 6.07 Å². The fourth-order valence-corrected chi connectivity index (χ4v) is 1.84. The Bertz CT molecular complexity index is 310. The lowest BCUT2D eigenvalue weighted by Gasteiger charge is -2.12. The average Bonchev–Trinajstić information content (AvgIpc) is 2.49. The number of rotatable bonds is 3. The van der Waals surface area contributed by atoms with E-state index in [9.17, 15) is 9.90 Å². The lowest BCUT2D eigenvalue weighted by atomic mass is 10.1. The third kappa shape index (κ3) is 2.27. The number of carboxylic acids is 1. The first-order chi connectivity index (χ1) is 6.02. The number of aliphatic hydroxyl groups is 1. The van der Waals surface area contributed by atoms with Crippen molar-refractivity contribution in [2.24, 2.45) is 5.73 Å². The Balaban J connectivity index is 2.78. The minimum atomic E-state index is -1.25. The summed E-state index contributed by atoms with van der Waals surface area (Å²) in [5.41, 5.74) is 5.26. The van der Waals surface area contributed by atoms with Crippen LogP contribution >= 0.6 is 11.3 Å². The van der Waals surface area contributed by atoms with Crippen LogP contribution in [0.2, 0.25) is 0 Å². The van der Waals surface area contributed by atoms with Crippen LogP contribution < -0.4 is 5.73 Å². The molecule has 13 heavy (non-hydrogen) atoms. The highest BCUT2D eigenvalue weighted by Gasteiger charge is 2.24. The first kappa shape index (κ1) is 10.2. The quantitative estimate of drug-likeness (QED) is 0.665. The highest BCUT2D eigenvalue weighted by atomic mass is 32.1. The molecule has 2 atom stereocenters. The van der Waals surface area contributed by atoms with Crippen LogP contribution in [-0.2, 0) is 4.79 Å². The number of hydrogen-bond donors (Lipinski definition) is 3. The van der Waals surface area contributed by atoms with Crippen LogP contribution in [0.1, 0.15) is 15.9 Å². The van der Waals surface area contributed by atoms with Gasteiger partial charge in [-0.1, -0.05) is 0 Å². The third-order valence-corrected chi connectivity index (χ3v) is 2.75. The normalized spacial score (nSPS) is 15.3. The van der Waals surface area contributed by atoms with Gasteiger partial charge in [0.1, 0.15) is 12.1 Å². The summed E-state index contributed by atoms with van der Waals surface area (Å²) < 4.78 is 0. The van der Waals surface area contributed by atoms with Crippen molar-refractivity contribution in [1.82, 2.24) is 0 Å². The van der Waals surface area contributed by atoms with Crippen molar-refractivity contribution in [3.8, 4) is 0 Å². The lowest BCUT2D eigenvalue weighted by Crippen LogP contribution is -2.36. The van der Waals surface area contributed by atoms with E-state index >= 15 is 0 Å². The molecule has 0 radical (unpaired) electrons. The topological polar surface area (TPSA) is 83.5 Å². The van der Waals surface area contributed by atoms with Crippen molar-refractivity contribution in [1.29, 1.82) is 0 Å². The van der Waals surface area contributed by atoms with Gasteiger partial charge in [-0.15, -0.1) is 11.3 Å². The molecule has 1 heterocycles. The fourth-order valence-electron chi connectivity index (χ4n) is 0.924. The Morgan fingerprint density at radius 1 is 1.62 bits per heavy atom. The fraction of sp³-hybridized carbons (Fsp3) is 0.375. The van der Waals surface area contributed by atoms with Crippen LogP contribution in [0.4, 0.5) is 0 Å². The second kappa shape index (κ2) is 3.87. The maximum absolute atomic E-state index is 10.4. The van der Waals surface area contributed by atoms with Crippen molar-refractivity contribution in [3.05, 3.63) is 21.9 Å². The number of aliphatic carboxylic acids is 1. The van der Waals surface area contributed by atoms with Gasteiger partial charge in [0.25, 0.3) is 0 Å². The molecular weight excluding hydrogens is 190 g/mol. The third-order valence-electron chi connectivity index (χ3n) is 1.68. The number of aliphatic hydroxyl groups excluding tert-OH is 1. The van der Waals surface area contributed by atoms with E-state index in [-0.39, 0.29) is 0 Å². The molecule has 72 valence electrons. The zero-order valence-corrected chi connectivity index (χ0v) is 7.91. The van der Waals surface area contributed by atoms with Crippen molar-refractivity contribution < 1.29 is 15.0 Å². The summed E-state index contributed by atoms with van der Waals surface area (Å²) >= 11 is 1.35. The number of aryl methyl sites for hydroxylation is 1. The van der Waals surface area contributed by atoms with Gasteiger partial charge in [0.05, 0.1) is 0 Å². The zero-order chi connectivity index (χ0) is 10.0. The van der Waals surface area contributed by atoms with Gasteiger partial charge in [0.15, 0.2) is 0 Å². The monoisotopic (exact) mass is 201 g/mol. The minimum Gasteiger partial charge on any atom is -0.480 e. The molecule has 0 bridgehead atoms. The maximum atomic E-state index is 10.4. The van der Waals surface area contributed by atoms with Gasteiger partial charge in [-0.05, 0) is 19.1 Å². The molecule has 0 spiro atoms. The van der Waals surface area contributed by atoms with Crippen molar-refractivity contribution in [2.75, 3.05) is 0 Å².